The molecule has 0 unspecified atom stereocenters. The van der Waals surface area contributed by atoms with Gasteiger partial charge in [-0.2, -0.15) is 0 Å². The third-order valence-corrected chi connectivity index (χ3v) is 4.18. The van der Waals surface area contributed by atoms with E-state index < -0.39 is 0 Å². The summed E-state index contributed by atoms with van der Waals surface area (Å²) in [4.78, 5) is 13.9. The second kappa shape index (κ2) is 2.85. The van der Waals surface area contributed by atoms with Crippen LogP contribution in [0, 0.1) is 3.15 Å². The number of fused-ring (bicyclic) bond motifs is 1. The highest BCUT2D eigenvalue weighted by molar-refractivity contribution is 14.2. The predicted molar refractivity (Wildman–Crippen MR) is 55.4 cm³/mol. The summed E-state index contributed by atoms with van der Waals surface area (Å²) in [5.41, 5.74) is 5.85. The maximum atomic E-state index is 10.9. The van der Waals surface area contributed by atoms with Crippen LogP contribution in [0.25, 0.3) is 6.08 Å². The van der Waals surface area contributed by atoms with Gasteiger partial charge in [-0.15, -0.1) is 0 Å². The van der Waals surface area contributed by atoms with E-state index in [1.54, 1.807) is 6.20 Å². The van der Waals surface area contributed by atoms with Gasteiger partial charge in [0.25, 0.3) is 5.91 Å². The molecule has 62 valence electrons. The molecule has 0 bridgehead atoms. The monoisotopic (exact) mass is 274 g/mol. The Morgan fingerprint density at radius 2 is 2.42 bits per heavy atom. The highest BCUT2D eigenvalue weighted by atomic mass is 127. The average molecular weight is 274 g/mol. The first kappa shape index (κ1) is 7.72. The van der Waals surface area contributed by atoms with Crippen molar-refractivity contribution in [3.8, 4) is 0 Å². The summed E-state index contributed by atoms with van der Waals surface area (Å²) in [5, 5.41) is 1.04. The lowest BCUT2D eigenvalue weighted by atomic mass is 10.3. The number of H-pyrrole nitrogens is 1. The van der Waals surface area contributed by atoms with Gasteiger partial charge in [0, 0.05) is 9.35 Å². The maximum Gasteiger partial charge on any atom is 0.251 e. The minimum atomic E-state index is -0.337. The summed E-state index contributed by atoms with van der Waals surface area (Å²) >= 11 is -0.167. The van der Waals surface area contributed by atoms with E-state index in [2.05, 4.69) is 9.07 Å². The number of amides is 1. The first-order valence-corrected chi connectivity index (χ1v) is 5.76. The SMILES string of the molecule is NC(=O)c1c[nH]c2c1=IC=CC=2. The van der Waals surface area contributed by atoms with Crippen LogP contribution in [0.4, 0.5) is 0 Å². The summed E-state index contributed by atoms with van der Waals surface area (Å²) in [7, 11) is 0. The number of aromatic amines is 1. The van der Waals surface area contributed by atoms with Gasteiger partial charge in [0.15, 0.2) is 0 Å². The van der Waals surface area contributed by atoms with Gasteiger partial charge >= 0.3 is 0 Å². The Bertz CT molecular complexity index is 470. The quantitative estimate of drug-likeness (QED) is 0.725. The van der Waals surface area contributed by atoms with E-state index in [1.807, 2.05) is 12.2 Å². The lowest BCUT2D eigenvalue weighted by molar-refractivity contribution is 0.1000. The van der Waals surface area contributed by atoms with Crippen LogP contribution in [0.1, 0.15) is 10.4 Å². The highest BCUT2D eigenvalue weighted by Gasteiger charge is 2.05. The van der Waals surface area contributed by atoms with Crippen LogP contribution in [-0.2, 0) is 0 Å². The second-order valence-electron chi connectivity index (χ2n) is 2.39. The van der Waals surface area contributed by atoms with Crippen LogP contribution in [-0.4, -0.2) is 10.9 Å². The van der Waals surface area contributed by atoms with Gasteiger partial charge in [0.2, 0.25) is 0 Å². The van der Waals surface area contributed by atoms with Gasteiger partial charge in [-0.25, -0.2) is 0 Å². The van der Waals surface area contributed by atoms with E-state index in [4.69, 9.17) is 5.73 Å². The minimum absolute atomic E-state index is 0.167. The van der Waals surface area contributed by atoms with E-state index in [1.165, 1.54) is 0 Å². The van der Waals surface area contributed by atoms with Crippen LogP contribution < -0.4 is 11.1 Å². The van der Waals surface area contributed by atoms with Crippen molar-refractivity contribution in [3.63, 3.8) is 0 Å². The Kier molecular flexibility index (Phi) is 1.84. The number of nitrogens with two attached hydrogens (primary N) is 1. The van der Waals surface area contributed by atoms with Gasteiger partial charge in [-0.1, -0.05) is 26.8 Å². The lowest BCUT2D eigenvalue weighted by Crippen LogP contribution is -2.11. The molecule has 3 nitrogen and oxygen atoms in total. The van der Waals surface area contributed by atoms with Crippen LogP contribution in [0.2, 0.25) is 0 Å². The molecule has 1 amide bonds. The number of primary amides is 1. The fourth-order valence-corrected chi connectivity index (χ4v) is 3.27. The predicted octanol–water partition coefficient (Wildman–Crippen LogP) is 0.643. The Labute approximate surface area is 78.7 Å². The van der Waals surface area contributed by atoms with E-state index in [-0.39, 0.29) is 26.6 Å². The number of allylic oxidation sites excluding steroid dienone is 1. The van der Waals surface area contributed by atoms with Crippen molar-refractivity contribution in [1.82, 2.24) is 4.98 Å². The Morgan fingerprint density at radius 1 is 1.58 bits per heavy atom. The molecule has 0 saturated carbocycles. The zero-order chi connectivity index (χ0) is 8.55. The molecule has 0 aliphatic carbocycles. The molecule has 0 atom stereocenters. The third kappa shape index (κ3) is 1.12. The number of rotatable bonds is 1. The standard InChI is InChI=1S/C8H7IN2O/c10-8(12)5-4-11-6-2-1-3-9-7(5)6/h1-4,11H,(H2,10,12). The van der Waals surface area contributed by atoms with Crippen molar-refractivity contribution >= 4 is 32.7 Å². The number of hydrogen-bond acceptors (Lipinski definition) is 1. The zero-order valence-electron chi connectivity index (χ0n) is 6.17. The summed E-state index contributed by atoms with van der Waals surface area (Å²) in [6.07, 6.45) is 5.66. The van der Waals surface area contributed by atoms with Gasteiger partial charge < -0.3 is 10.7 Å². The molecular weight excluding hydrogens is 267 g/mol. The van der Waals surface area contributed by atoms with E-state index in [9.17, 15) is 4.79 Å². The molecule has 0 aromatic carbocycles. The topological polar surface area (TPSA) is 58.9 Å². The molecule has 0 spiro atoms. The molecule has 0 saturated heterocycles. The van der Waals surface area contributed by atoms with Gasteiger partial charge in [0.1, 0.15) is 0 Å². The first-order valence-electron chi connectivity index (χ1n) is 3.43. The van der Waals surface area contributed by atoms with Crippen molar-refractivity contribution in [2.24, 2.45) is 5.73 Å². The third-order valence-electron chi connectivity index (χ3n) is 1.62. The van der Waals surface area contributed by atoms with Crippen molar-refractivity contribution in [3.05, 3.63) is 30.4 Å². The Balaban J connectivity index is 2.81. The van der Waals surface area contributed by atoms with Gasteiger partial charge in [-0.3, -0.25) is 4.79 Å². The molecular formula is C8H7IN2O. The summed E-state index contributed by atoms with van der Waals surface area (Å²) in [6, 6.07) is 0. The molecule has 3 N–H and O–H groups in total. The van der Waals surface area contributed by atoms with Crippen LogP contribution in [0.3, 0.4) is 0 Å². The molecule has 4 heteroatoms. The van der Waals surface area contributed by atoms with Crippen LogP contribution in [0.5, 0.6) is 0 Å². The smallest absolute Gasteiger partial charge is 0.251 e. The van der Waals surface area contributed by atoms with Crippen LogP contribution in [0.15, 0.2) is 16.4 Å². The molecule has 1 aromatic rings. The first-order chi connectivity index (χ1) is 5.79. The largest absolute Gasteiger partial charge is 0.366 e. The number of aromatic nitrogens is 1. The number of hydrogen-bond donors (Lipinski definition) is 2. The summed E-state index contributed by atoms with van der Waals surface area (Å²) in [5.74, 6) is -0.337. The molecule has 2 rings (SSSR count). The highest BCUT2D eigenvalue weighted by Crippen LogP contribution is 2.11. The van der Waals surface area contributed by atoms with Crippen molar-refractivity contribution < 1.29 is 4.79 Å². The molecule has 0 fully saturated rings. The van der Waals surface area contributed by atoms with E-state index >= 15 is 0 Å². The van der Waals surface area contributed by atoms with Crippen LogP contribution >= 0.6 is 20.7 Å². The lowest BCUT2D eigenvalue weighted by Gasteiger charge is -1.88. The normalized spacial score (nSPS) is 13.7. The second-order valence-corrected chi connectivity index (χ2v) is 4.81. The molecule has 12 heavy (non-hydrogen) atoms. The Hall–Kier alpha value is -0.910. The van der Waals surface area contributed by atoms with Gasteiger partial charge in [0.05, 0.1) is 10.9 Å². The van der Waals surface area contributed by atoms with Crippen molar-refractivity contribution in [2.45, 2.75) is 0 Å². The molecule has 0 radical (unpaired) electrons. The zero-order valence-corrected chi connectivity index (χ0v) is 8.33. The number of carbonyl (C=O) groups excluding carboxylic acids is 1. The van der Waals surface area contributed by atoms with Crippen molar-refractivity contribution in [1.29, 1.82) is 0 Å². The van der Waals surface area contributed by atoms with E-state index in [0.717, 1.165) is 8.50 Å². The molecule has 2 heterocycles. The molecule has 1 aliphatic heterocycles. The fraction of sp³-hybridized carbons (Fsp3) is 0. The van der Waals surface area contributed by atoms with Gasteiger partial charge in [-0.05, 0) is 10.2 Å². The number of carbonyl (C=O) groups is 1. The average Bonchev–Trinajstić information content (AvgIpc) is 2.47. The fourth-order valence-electron chi connectivity index (χ4n) is 1.07. The summed E-state index contributed by atoms with van der Waals surface area (Å²) in [6.45, 7) is 0. The number of nitrogens with one attached hydrogen (secondary N) is 1. The molecule has 1 aliphatic rings. The Morgan fingerprint density at radius 3 is 3.17 bits per heavy atom. The van der Waals surface area contributed by atoms with E-state index in [0.29, 0.717) is 5.56 Å². The van der Waals surface area contributed by atoms with Crippen molar-refractivity contribution in [2.75, 3.05) is 0 Å². The minimum Gasteiger partial charge on any atom is -0.366 e. The number of halogens is 1. The maximum absolute atomic E-state index is 10.9. The molecule has 1 aromatic heterocycles. The summed E-state index contributed by atoms with van der Waals surface area (Å²) < 4.78 is 3.23.